The number of nitrogens with one attached hydrogen (secondary N) is 1. The number of carbonyl (C=O) groups is 3. The lowest BCUT2D eigenvalue weighted by Gasteiger charge is -2.35. The number of fused-ring (bicyclic) bond motifs is 1. The number of piperidine rings is 2. The minimum atomic E-state index is -0.584. The van der Waals surface area contributed by atoms with E-state index in [9.17, 15) is 14.4 Å². The summed E-state index contributed by atoms with van der Waals surface area (Å²) in [5.74, 6) is 0.553. The van der Waals surface area contributed by atoms with Crippen molar-refractivity contribution in [1.29, 1.82) is 0 Å². The number of benzene rings is 1. The second-order valence-electron chi connectivity index (χ2n) is 8.15. The molecular formula is C21H27N3O4. The molecule has 3 heterocycles. The van der Waals surface area contributed by atoms with E-state index in [-0.39, 0.29) is 30.2 Å². The van der Waals surface area contributed by atoms with Crippen molar-refractivity contribution in [2.75, 3.05) is 19.6 Å². The van der Waals surface area contributed by atoms with Crippen LogP contribution in [0.2, 0.25) is 0 Å². The first-order valence-corrected chi connectivity index (χ1v) is 10.1. The van der Waals surface area contributed by atoms with Crippen LogP contribution in [0.1, 0.15) is 49.0 Å². The van der Waals surface area contributed by atoms with Crippen LogP contribution in [0.3, 0.4) is 0 Å². The monoisotopic (exact) mass is 385 g/mol. The van der Waals surface area contributed by atoms with Crippen LogP contribution in [-0.4, -0.2) is 59.3 Å². The first kappa shape index (κ1) is 18.9. The average molecular weight is 385 g/mol. The maximum atomic E-state index is 12.8. The second-order valence-corrected chi connectivity index (χ2v) is 8.15. The molecule has 0 aromatic heterocycles. The largest absolute Gasteiger partial charge is 0.489 e. The van der Waals surface area contributed by atoms with Gasteiger partial charge >= 0.3 is 0 Å². The Morgan fingerprint density at radius 2 is 2.04 bits per heavy atom. The van der Waals surface area contributed by atoms with Crippen molar-refractivity contribution < 1.29 is 19.1 Å². The van der Waals surface area contributed by atoms with Crippen LogP contribution in [0.4, 0.5) is 0 Å². The van der Waals surface area contributed by atoms with Crippen LogP contribution >= 0.6 is 0 Å². The number of hydrogen-bond acceptors (Lipinski definition) is 5. The summed E-state index contributed by atoms with van der Waals surface area (Å²) in [6.07, 6.45) is 1.80. The summed E-state index contributed by atoms with van der Waals surface area (Å²) in [7, 11) is 0. The molecule has 1 aromatic rings. The number of carbonyl (C=O) groups excluding carboxylic acids is 3. The molecule has 0 aliphatic carbocycles. The molecule has 2 fully saturated rings. The van der Waals surface area contributed by atoms with Gasteiger partial charge in [-0.1, -0.05) is 13.8 Å². The molecule has 0 spiro atoms. The van der Waals surface area contributed by atoms with Gasteiger partial charge in [0.25, 0.3) is 5.91 Å². The van der Waals surface area contributed by atoms with E-state index in [0.717, 1.165) is 37.4 Å². The van der Waals surface area contributed by atoms with E-state index in [4.69, 9.17) is 4.74 Å². The topological polar surface area (TPSA) is 79.0 Å². The molecule has 3 aliphatic heterocycles. The summed E-state index contributed by atoms with van der Waals surface area (Å²) in [6.45, 7) is 7.83. The van der Waals surface area contributed by atoms with Crippen molar-refractivity contribution in [3.63, 3.8) is 0 Å². The molecule has 7 nitrogen and oxygen atoms in total. The fraction of sp³-hybridized carbons (Fsp3) is 0.571. The standard InChI is InChI=1S/C21H27N3O4/c1-3-23-10-13(2)8-16(12-23)28-15-4-5-17-14(9-15)11-24(21(17)27)18-6-7-19(25)22-20(18)26/h4-5,9,13,16,18H,3,6-8,10-12H2,1-2H3,(H,22,25,26)/t13-,16-,18+/m1/s1. The normalized spacial score (nSPS) is 28.3. The van der Waals surface area contributed by atoms with Crippen LogP contribution in [0.15, 0.2) is 18.2 Å². The van der Waals surface area contributed by atoms with Gasteiger partial charge in [0.05, 0.1) is 0 Å². The number of likely N-dealkylation sites (tertiary alicyclic amines) is 1. The predicted molar refractivity (Wildman–Crippen MR) is 103 cm³/mol. The van der Waals surface area contributed by atoms with Gasteiger partial charge in [-0.05, 0) is 49.1 Å². The fourth-order valence-corrected chi connectivity index (χ4v) is 4.56. The van der Waals surface area contributed by atoms with E-state index >= 15 is 0 Å². The molecule has 3 amide bonds. The van der Waals surface area contributed by atoms with Crippen LogP contribution in [0.5, 0.6) is 5.75 Å². The Hall–Kier alpha value is -2.41. The van der Waals surface area contributed by atoms with Crippen LogP contribution in [-0.2, 0) is 16.1 Å². The van der Waals surface area contributed by atoms with Gasteiger partial charge in [0.15, 0.2) is 0 Å². The number of likely N-dealkylation sites (N-methyl/N-ethyl adjacent to an activating group) is 1. The quantitative estimate of drug-likeness (QED) is 0.796. The Labute approximate surface area is 165 Å². The molecule has 2 saturated heterocycles. The first-order valence-electron chi connectivity index (χ1n) is 10.1. The van der Waals surface area contributed by atoms with Crippen molar-refractivity contribution in [2.24, 2.45) is 5.92 Å². The van der Waals surface area contributed by atoms with E-state index < -0.39 is 6.04 Å². The molecule has 4 rings (SSSR count). The van der Waals surface area contributed by atoms with E-state index in [1.54, 1.807) is 11.0 Å². The number of amides is 3. The molecule has 3 aliphatic rings. The van der Waals surface area contributed by atoms with Crippen LogP contribution in [0.25, 0.3) is 0 Å². The van der Waals surface area contributed by atoms with Crippen molar-refractivity contribution in [3.8, 4) is 5.75 Å². The predicted octanol–water partition coefficient (Wildman–Crippen LogP) is 1.56. The Kier molecular flexibility index (Phi) is 5.10. The third-order valence-corrected chi connectivity index (χ3v) is 5.94. The molecule has 7 heteroatoms. The zero-order valence-electron chi connectivity index (χ0n) is 16.4. The van der Waals surface area contributed by atoms with Gasteiger partial charge in [-0.3, -0.25) is 24.6 Å². The number of hydrogen-bond donors (Lipinski definition) is 1. The van der Waals surface area contributed by atoms with Crippen molar-refractivity contribution in [1.82, 2.24) is 15.1 Å². The van der Waals surface area contributed by atoms with Gasteiger partial charge in [-0.15, -0.1) is 0 Å². The van der Waals surface area contributed by atoms with Gasteiger partial charge < -0.3 is 9.64 Å². The Balaban J connectivity index is 1.46. The van der Waals surface area contributed by atoms with E-state index in [0.29, 0.717) is 24.4 Å². The lowest BCUT2D eigenvalue weighted by Crippen LogP contribution is -2.52. The summed E-state index contributed by atoms with van der Waals surface area (Å²) in [6, 6.07) is 4.98. The van der Waals surface area contributed by atoms with Crippen molar-refractivity contribution >= 4 is 17.7 Å². The summed E-state index contributed by atoms with van der Waals surface area (Å²) < 4.78 is 6.24. The number of imide groups is 1. The number of nitrogens with zero attached hydrogens (tertiary/aromatic N) is 2. The lowest BCUT2D eigenvalue weighted by atomic mass is 9.98. The zero-order chi connectivity index (χ0) is 19.8. The molecule has 0 saturated carbocycles. The third-order valence-electron chi connectivity index (χ3n) is 5.94. The maximum absolute atomic E-state index is 12.8. The molecule has 1 N–H and O–H groups in total. The molecule has 0 radical (unpaired) electrons. The van der Waals surface area contributed by atoms with Crippen LogP contribution < -0.4 is 10.1 Å². The first-order chi connectivity index (χ1) is 13.4. The van der Waals surface area contributed by atoms with Gasteiger partial charge in [-0.2, -0.15) is 0 Å². The third kappa shape index (κ3) is 3.63. The molecule has 0 bridgehead atoms. The Morgan fingerprint density at radius 3 is 2.79 bits per heavy atom. The van der Waals surface area contributed by atoms with Gasteiger partial charge in [0, 0.05) is 31.6 Å². The molecular weight excluding hydrogens is 358 g/mol. The molecule has 28 heavy (non-hydrogen) atoms. The SMILES string of the molecule is CCN1C[C@H](C)C[C@@H](Oc2ccc3c(c2)CN([C@H]2CCC(=O)NC2=O)C3=O)C1. The van der Waals surface area contributed by atoms with Crippen LogP contribution in [0, 0.1) is 5.92 Å². The summed E-state index contributed by atoms with van der Waals surface area (Å²) in [5, 5.41) is 2.33. The van der Waals surface area contributed by atoms with E-state index in [1.807, 2.05) is 12.1 Å². The van der Waals surface area contributed by atoms with E-state index in [1.165, 1.54) is 0 Å². The minimum absolute atomic E-state index is 0.144. The minimum Gasteiger partial charge on any atom is -0.489 e. The smallest absolute Gasteiger partial charge is 0.255 e. The highest BCUT2D eigenvalue weighted by Gasteiger charge is 2.39. The maximum Gasteiger partial charge on any atom is 0.255 e. The van der Waals surface area contributed by atoms with Gasteiger partial charge in [0.2, 0.25) is 11.8 Å². The highest BCUT2D eigenvalue weighted by molar-refractivity contribution is 6.05. The fourth-order valence-electron chi connectivity index (χ4n) is 4.56. The summed E-state index contributed by atoms with van der Waals surface area (Å²) in [5.41, 5.74) is 1.49. The number of rotatable bonds is 4. The summed E-state index contributed by atoms with van der Waals surface area (Å²) in [4.78, 5) is 40.3. The Bertz CT molecular complexity index is 809. The van der Waals surface area contributed by atoms with E-state index in [2.05, 4.69) is 24.1 Å². The van der Waals surface area contributed by atoms with Crippen molar-refractivity contribution in [3.05, 3.63) is 29.3 Å². The number of ether oxygens (including phenoxy) is 1. The highest BCUT2D eigenvalue weighted by atomic mass is 16.5. The van der Waals surface area contributed by atoms with Gasteiger partial charge in [-0.25, -0.2) is 0 Å². The van der Waals surface area contributed by atoms with Gasteiger partial charge in [0.1, 0.15) is 17.9 Å². The molecule has 1 aromatic carbocycles. The molecule has 150 valence electrons. The average Bonchev–Trinajstić information content (AvgIpc) is 2.97. The highest BCUT2D eigenvalue weighted by Crippen LogP contribution is 2.31. The lowest BCUT2D eigenvalue weighted by molar-refractivity contribution is -0.136. The molecule has 3 atom stereocenters. The zero-order valence-corrected chi connectivity index (χ0v) is 16.4. The Morgan fingerprint density at radius 1 is 1.21 bits per heavy atom. The second kappa shape index (κ2) is 7.54. The van der Waals surface area contributed by atoms with Crippen molar-refractivity contribution in [2.45, 2.75) is 51.8 Å². The molecule has 0 unspecified atom stereocenters. The summed E-state index contributed by atoms with van der Waals surface area (Å²) >= 11 is 0.